The number of methoxy groups -OCH3 is 1. The van der Waals surface area contributed by atoms with Gasteiger partial charge in [-0.3, -0.25) is 4.98 Å². The van der Waals surface area contributed by atoms with Crippen LogP contribution in [0, 0.1) is 5.82 Å². The van der Waals surface area contributed by atoms with Crippen molar-refractivity contribution >= 4 is 28.3 Å². The Kier molecular flexibility index (Phi) is 4.95. The molecule has 3 aromatic rings. The fourth-order valence-corrected chi connectivity index (χ4v) is 4.57. The van der Waals surface area contributed by atoms with Crippen LogP contribution in [-0.4, -0.2) is 48.2 Å². The van der Waals surface area contributed by atoms with E-state index < -0.39 is 5.82 Å². The van der Waals surface area contributed by atoms with E-state index in [1.165, 1.54) is 7.11 Å². The van der Waals surface area contributed by atoms with Crippen molar-refractivity contribution in [3.8, 4) is 17.3 Å². The van der Waals surface area contributed by atoms with Crippen LogP contribution in [0.1, 0.15) is 30.7 Å². The molecule has 3 heterocycles. The molecule has 1 aromatic carbocycles. The molecule has 5 rings (SSSR count). The van der Waals surface area contributed by atoms with Gasteiger partial charge in [0.25, 0.3) is 0 Å². The molecule has 0 amide bonds. The molecular weight excluding hydrogens is 405 g/mol. The Labute approximate surface area is 179 Å². The lowest BCUT2D eigenvalue weighted by Gasteiger charge is -2.26. The Bertz CT molecular complexity index is 1110. The SMILES string of the molecule is COc1nc(N(C)C2CCNC2)c2cnc(-c3cccc(Cl)c3C3CC3)c(F)c2n1. The van der Waals surface area contributed by atoms with Crippen LogP contribution in [-0.2, 0) is 0 Å². The molecule has 1 aliphatic heterocycles. The molecule has 2 fully saturated rings. The van der Waals surface area contributed by atoms with Gasteiger partial charge in [-0.25, -0.2) is 4.39 Å². The van der Waals surface area contributed by atoms with Crippen molar-refractivity contribution in [3.63, 3.8) is 0 Å². The summed E-state index contributed by atoms with van der Waals surface area (Å²) in [6.45, 7) is 1.80. The quantitative estimate of drug-likeness (QED) is 0.659. The minimum atomic E-state index is -0.475. The summed E-state index contributed by atoms with van der Waals surface area (Å²) in [5.41, 5.74) is 2.18. The molecule has 6 nitrogen and oxygen atoms in total. The van der Waals surface area contributed by atoms with Gasteiger partial charge in [-0.2, -0.15) is 9.97 Å². The highest BCUT2D eigenvalue weighted by atomic mass is 35.5. The van der Waals surface area contributed by atoms with Gasteiger partial charge in [0.1, 0.15) is 17.0 Å². The fourth-order valence-electron chi connectivity index (χ4n) is 4.24. The molecule has 1 saturated carbocycles. The van der Waals surface area contributed by atoms with Gasteiger partial charge >= 0.3 is 6.01 Å². The topological polar surface area (TPSA) is 63.2 Å². The van der Waals surface area contributed by atoms with Crippen LogP contribution in [0.3, 0.4) is 0 Å². The van der Waals surface area contributed by atoms with E-state index in [9.17, 15) is 0 Å². The van der Waals surface area contributed by atoms with Crippen LogP contribution in [0.2, 0.25) is 5.02 Å². The maximum Gasteiger partial charge on any atom is 0.318 e. The summed E-state index contributed by atoms with van der Waals surface area (Å²) in [6, 6.07) is 5.98. The monoisotopic (exact) mass is 427 g/mol. The lowest BCUT2D eigenvalue weighted by atomic mass is 9.99. The number of nitrogens with one attached hydrogen (secondary N) is 1. The number of pyridine rings is 1. The Balaban J connectivity index is 1.69. The number of ether oxygens (including phenoxy) is 1. The highest BCUT2D eigenvalue weighted by Gasteiger charge is 2.31. The molecule has 2 aromatic heterocycles. The molecule has 30 heavy (non-hydrogen) atoms. The summed E-state index contributed by atoms with van der Waals surface area (Å²) in [5, 5.41) is 4.58. The van der Waals surface area contributed by atoms with E-state index >= 15 is 4.39 Å². The third-order valence-electron chi connectivity index (χ3n) is 6.04. The Hall–Kier alpha value is -2.51. The van der Waals surface area contributed by atoms with Crippen molar-refractivity contribution in [1.82, 2.24) is 20.3 Å². The summed E-state index contributed by atoms with van der Waals surface area (Å²) in [7, 11) is 3.46. The smallest absolute Gasteiger partial charge is 0.318 e. The lowest BCUT2D eigenvalue weighted by molar-refractivity contribution is 0.381. The first-order chi connectivity index (χ1) is 14.6. The third kappa shape index (κ3) is 3.26. The number of fused-ring (bicyclic) bond motifs is 1. The molecular formula is C22H23ClFN5O. The first-order valence-corrected chi connectivity index (χ1v) is 10.6. The molecule has 1 unspecified atom stereocenters. The van der Waals surface area contributed by atoms with Gasteiger partial charge in [0, 0.05) is 36.4 Å². The number of hydrogen-bond acceptors (Lipinski definition) is 6. The molecule has 2 aliphatic rings. The van der Waals surface area contributed by atoms with Crippen molar-refractivity contribution in [1.29, 1.82) is 0 Å². The Morgan fingerprint density at radius 2 is 2.07 bits per heavy atom. The zero-order valence-corrected chi connectivity index (χ0v) is 17.7. The Morgan fingerprint density at radius 3 is 2.77 bits per heavy atom. The number of anilines is 1. The van der Waals surface area contributed by atoms with Crippen LogP contribution in [0.25, 0.3) is 22.2 Å². The molecule has 1 atom stereocenters. The minimum Gasteiger partial charge on any atom is -0.467 e. The Morgan fingerprint density at radius 1 is 1.23 bits per heavy atom. The van der Waals surface area contributed by atoms with Gasteiger partial charge in [0.05, 0.1) is 12.5 Å². The third-order valence-corrected chi connectivity index (χ3v) is 6.37. The molecule has 0 bridgehead atoms. The second-order valence-corrected chi connectivity index (χ2v) is 8.36. The fraction of sp³-hybridized carbons (Fsp3) is 0.409. The van der Waals surface area contributed by atoms with Crippen LogP contribution < -0.4 is 15.0 Å². The van der Waals surface area contributed by atoms with E-state index in [4.69, 9.17) is 16.3 Å². The molecule has 0 radical (unpaired) electrons. The molecule has 156 valence electrons. The predicted molar refractivity (Wildman–Crippen MR) is 116 cm³/mol. The second kappa shape index (κ2) is 7.63. The minimum absolute atomic E-state index is 0.139. The molecule has 1 saturated heterocycles. The number of rotatable bonds is 5. The molecule has 0 spiro atoms. The zero-order valence-electron chi connectivity index (χ0n) is 17.0. The molecule has 1 N–H and O–H groups in total. The highest BCUT2D eigenvalue weighted by Crippen LogP contribution is 2.48. The van der Waals surface area contributed by atoms with Crippen molar-refractivity contribution in [3.05, 3.63) is 40.8 Å². The number of likely N-dealkylation sites (N-methyl/N-ethyl adjacent to an activating group) is 1. The molecule has 1 aliphatic carbocycles. The van der Waals surface area contributed by atoms with E-state index in [-0.39, 0.29) is 23.3 Å². The van der Waals surface area contributed by atoms with Crippen LogP contribution in [0.5, 0.6) is 6.01 Å². The normalized spacial score (nSPS) is 18.7. The van der Waals surface area contributed by atoms with Gasteiger partial charge in [0.15, 0.2) is 5.82 Å². The van der Waals surface area contributed by atoms with E-state index in [1.54, 1.807) is 6.20 Å². The maximum absolute atomic E-state index is 15.8. The predicted octanol–water partition coefficient (Wildman–Crippen LogP) is 4.17. The van der Waals surface area contributed by atoms with Gasteiger partial charge in [0.2, 0.25) is 0 Å². The zero-order chi connectivity index (χ0) is 20.8. The summed E-state index contributed by atoms with van der Waals surface area (Å²) < 4.78 is 21.1. The summed E-state index contributed by atoms with van der Waals surface area (Å²) in [5.74, 6) is 0.510. The maximum atomic E-state index is 15.8. The number of aromatic nitrogens is 3. The van der Waals surface area contributed by atoms with Crippen LogP contribution in [0.4, 0.5) is 10.2 Å². The van der Waals surface area contributed by atoms with Crippen molar-refractivity contribution in [2.75, 3.05) is 32.1 Å². The van der Waals surface area contributed by atoms with Gasteiger partial charge in [-0.15, -0.1) is 0 Å². The summed E-state index contributed by atoms with van der Waals surface area (Å²) >= 11 is 6.46. The van der Waals surface area contributed by atoms with E-state index in [0.29, 0.717) is 22.1 Å². The first kappa shape index (κ1) is 19.5. The summed E-state index contributed by atoms with van der Waals surface area (Å²) in [4.78, 5) is 15.4. The van der Waals surface area contributed by atoms with Gasteiger partial charge in [-0.1, -0.05) is 23.7 Å². The average Bonchev–Trinajstić information content (AvgIpc) is 3.44. The van der Waals surface area contributed by atoms with Crippen LogP contribution >= 0.6 is 11.6 Å². The van der Waals surface area contributed by atoms with Crippen molar-refractivity contribution in [2.24, 2.45) is 0 Å². The van der Waals surface area contributed by atoms with Crippen molar-refractivity contribution in [2.45, 2.75) is 31.2 Å². The van der Waals surface area contributed by atoms with Gasteiger partial charge < -0.3 is 15.0 Å². The lowest BCUT2D eigenvalue weighted by Crippen LogP contribution is -2.34. The van der Waals surface area contributed by atoms with E-state index in [0.717, 1.165) is 43.5 Å². The molecule has 8 heteroatoms. The number of hydrogen-bond donors (Lipinski definition) is 1. The average molecular weight is 428 g/mol. The second-order valence-electron chi connectivity index (χ2n) is 7.95. The number of benzene rings is 1. The van der Waals surface area contributed by atoms with Crippen molar-refractivity contribution < 1.29 is 9.13 Å². The largest absolute Gasteiger partial charge is 0.467 e. The number of halogens is 2. The first-order valence-electron chi connectivity index (χ1n) is 10.2. The van der Waals surface area contributed by atoms with E-state index in [2.05, 4.69) is 25.2 Å². The van der Waals surface area contributed by atoms with Crippen LogP contribution in [0.15, 0.2) is 24.4 Å². The summed E-state index contributed by atoms with van der Waals surface area (Å²) in [6.07, 6.45) is 4.78. The highest BCUT2D eigenvalue weighted by molar-refractivity contribution is 6.31. The standard InChI is InChI=1S/C22H23ClFN5O/c1-29(13-8-9-25-10-13)21-15-11-26-19(18(24)20(15)27-22(28-21)30-2)14-4-3-5-16(23)17(14)12-6-7-12/h3-5,11-13,25H,6-10H2,1-2H3. The van der Waals surface area contributed by atoms with E-state index in [1.807, 2.05) is 25.2 Å². The van der Waals surface area contributed by atoms with Gasteiger partial charge in [-0.05, 0) is 43.4 Å². The number of nitrogens with zero attached hydrogens (tertiary/aromatic N) is 4.